The number of carbonyl (C=O) groups is 1. The van der Waals surface area contributed by atoms with Gasteiger partial charge in [-0.25, -0.2) is 8.42 Å². The van der Waals surface area contributed by atoms with Gasteiger partial charge in [-0.3, -0.25) is 9.10 Å². The minimum atomic E-state index is -4.14. The maximum absolute atomic E-state index is 13.2. The summed E-state index contributed by atoms with van der Waals surface area (Å²) in [5.41, 5.74) is 0.321. The van der Waals surface area contributed by atoms with Gasteiger partial charge in [-0.05, 0) is 78.9 Å². The molecule has 0 N–H and O–H groups in total. The fourth-order valence-electron chi connectivity index (χ4n) is 2.13. The zero-order chi connectivity index (χ0) is 19.5. The Morgan fingerprint density at radius 2 is 1.77 bits per heavy atom. The highest BCUT2D eigenvalue weighted by atomic mass is 127. The molecule has 0 aromatic heterocycles. The molecule has 2 rings (SSSR count). The summed E-state index contributed by atoms with van der Waals surface area (Å²) in [5, 5.41) is 0.238. The van der Waals surface area contributed by atoms with Crippen LogP contribution in [0.25, 0.3) is 0 Å². The van der Waals surface area contributed by atoms with Crippen molar-refractivity contribution < 1.29 is 17.9 Å². The number of ether oxygens (including phenoxy) is 1. The van der Waals surface area contributed by atoms with Gasteiger partial charge in [0.1, 0.15) is 11.4 Å². The van der Waals surface area contributed by atoms with Gasteiger partial charge in [-0.2, -0.15) is 0 Å². The summed E-state index contributed by atoms with van der Waals surface area (Å²) in [6, 6.07) is 10.9. The number of hydrogen-bond donors (Lipinski definition) is 0. The van der Waals surface area contributed by atoms with Gasteiger partial charge in [0.25, 0.3) is 10.0 Å². The number of halogens is 3. The Labute approximate surface area is 176 Å². The van der Waals surface area contributed by atoms with Crippen LogP contribution < -0.4 is 4.31 Å². The Bertz CT molecular complexity index is 901. The second-order valence-corrected chi connectivity index (χ2v) is 9.52. The predicted molar refractivity (Wildman–Crippen MR) is 111 cm³/mol. The third-order valence-electron chi connectivity index (χ3n) is 3.22. The monoisotopic (exact) mass is 527 g/mol. The van der Waals surface area contributed by atoms with E-state index < -0.39 is 22.5 Å². The largest absolute Gasteiger partial charge is 0.462 e. The Kier molecular flexibility index (Phi) is 7.18. The number of esters is 1. The molecule has 2 aromatic carbocycles. The molecule has 0 unspecified atom stereocenters. The topological polar surface area (TPSA) is 63.7 Å². The van der Waals surface area contributed by atoms with Crippen molar-refractivity contribution in [3.63, 3.8) is 0 Å². The van der Waals surface area contributed by atoms with Gasteiger partial charge >= 0.3 is 5.97 Å². The molecule has 0 aliphatic carbocycles. The molecule has 26 heavy (non-hydrogen) atoms. The molecule has 0 amide bonds. The van der Waals surface area contributed by atoms with Crippen molar-refractivity contribution in [2.24, 2.45) is 0 Å². The van der Waals surface area contributed by atoms with Gasteiger partial charge in [0.2, 0.25) is 0 Å². The molecule has 0 saturated heterocycles. The van der Waals surface area contributed by atoms with Crippen LogP contribution in [0.1, 0.15) is 13.8 Å². The lowest BCUT2D eigenvalue weighted by Crippen LogP contribution is -2.37. The van der Waals surface area contributed by atoms with E-state index >= 15 is 0 Å². The highest BCUT2D eigenvalue weighted by Crippen LogP contribution is 2.31. The van der Waals surface area contributed by atoms with Crippen LogP contribution in [-0.2, 0) is 19.6 Å². The molecule has 0 atom stereocenters. The number of hydrogen-bond acceptors (Lipinski definition) is 4. The number of sulfonamides is 1. The van der Waals surface area contributed by atoms with Crippen molar-refractivity contribution in [3.05, 3.63) is 56.1 Å². The number of nitrogens with zero attached hydrogens (tertiary/aromatic N) is 1. The zero-order valence-corrected chi connectivity index (χ0v) is 18.4. The normalized spacial score (nSPS) is 11.5. The van der Waals surface area contributed by atoms with E-state index in [1.165, 1.54) is 18.2 Å². The molecule has 0 heterocycles. The first kappa shape index (κ1) is 21.3. The number of anilines is 1. The van der Waals surface area contributed by atoms with Crippen molar-refractivity contribution in [1.82, 2.24) is 0 Å². The van der Waals surface area contributed by atoms with Gasteiger partial charge in [-0.15, -0.1) is 0 Å². The average molecular weight is 528 g/mol. The summed E-state index contributed by atoms with van der Waals surface area (Å²) in [6.07, 6.45) is -0.362. The van der Waals surface area contributed by atoms with Crippen molar-refractivity contribution in [3.8, 4) is 0 Å². The zero-order valence-electron chi connectivity index (χ0n) is 13.9. The first-order valence-corrected chi connectivity index (χ1v) is 10.8. The molecule has 0 aliphatic rings. The highest BCUT2D eigenvalue weighted by Gasteiger charge is 2.30. The van der Waals surface area contributed by atoms with E-state index in [0.717, 1.165) is 7.88 Å². The van der Waals surface area contributed by atoms with E-state index in [2.05, 4.69) is 22.6 Å². The van der Waals surface area contributed by atoms with Gasteiger partial charge in [0.05, 0.1) is 16.8 Å². The van der Waals surface area contributed by atoms with Gasteiger partial charge < -0.3 is 4.74 Å². The fraction of sp³-hybridized carbons (Fsp3) is 0.235. The van der Waals surface area contributed by atoms with Crippen LogP contribution in [-0.4, -0.2) is 27.0 Å². The lowest BCUT2D eigenvalue weighted by Gasteiger charge is -2.24. The maximum atomic E-state index is 13.2. The molecule has 0 radical (unpaired) electrons. The van der Waals surface area contributed by atoms with E-state index in [1.54, 1.807) is 38.1 Å². The van der Waals surface area contributed by atoms with E-state index in [4.69, 9.17) is 27.9 Å². The van der Waals surface area contributed by atoms with Crippen molar-refractivity contribution in [2.75, 3.05) is 10.8 Å². The van der Waals surface area contributed by atoms with Crippen LogP contribution in [0.15, 0.2) is 47.4 Å². The lowest BCUT2D eigenvalue weighted by atomic mass is 10.3. The molecule has 0 aliphatic heterocycles. The smallest absolute Gasteiger partial charge is 0.327 e. The third kappa shape index (κ3) is 5.25. The summed E-state index contributed by atoms with van der Waals surface area (Å²) < 4.78 is 33.4. The summed E-state index contributed by atoms with van der Waals surface area (Å²) in [4.78, 5) is 12.0. The van der Waals surface area contributed by atoms with Crippen LogP contribution in [0.5, 0.6) is 0 Å². The summed E-state index contributed by atoms with van der Waals surface area (Å²) in [5.74, 6) is -0.666. The molecule has 0 saturated carbocycles. The Balaban J connectivity index is 2.53. The quantitative estimate of drug-likeness (QED) is 0.402. The van der Waals surface area contributed by atoms with E-state index in [0.29, 0.717) is 5.69 Å². The van der Waals surface area contributed by atoms with Gasteiger partial charge in [0, 0.05) is 8.59 Å². The number of rotatable bonds is 6. The molecular formula is C17H16Cl2INO4S. The van der Waals surface area contributed by atoms with Crippen molar-refractivity contribution in [2.45, 2.75) is 24.8 Å². The van der Waals surface area contributed by atoms with Crippen LogP contribution in [0.2, 0.25) is 10.0 Å². The molecule has 2 aromatic rings. The van der Waals surface area contributed by atoms with Crippen molar-refractivity contribution in [1.29, 1.82) is 0 Å². The second-order valence-electron chi connectivity index (χ2n) is 5.60. The molecule has 5 nitrogen and oxygen atoms in total. The fourth-order valence-corrected chi connectivity index (χ4v) is 4.64. The molecule has 0 bridgehead atoms. The van der Waals surface area contributed by atoms with Crippen molar-refractivity contribution >= 4 is 67.5 Å². The molecule has 140 valence electrons. The Morgan fingerprint density at radius 3 is 2.35 bits per heavy atom. The average Bonchev–Trinajstić information content (AvgIpc) is 2.55. The molecule has 9 heteroatoms. The first-order chi connectivity index (χ1) is 12.1. The molecule has 0 spiro atoms. The minimum Gasteiger partial charge on any atom is -0.462 e. The Morgan fingerprint density at radius 1 is 1.15 bits per heavy atom. The van der Waals surface area contributed by atoms with Crippen LogP contribution in [0.3, 0.4) is 0 Å². The SMILES string of the molecule is CC(C)OC(=O)CN(c1ccc(I)cc1)S(=O)(=O)c1cc(Cl)ccc1Cl. The summed E-state index contributed by atoms with van der Waals surface area (Å²) >= 11 is 14.1. The van der Waals surface area contributed by atoms with E-state index in [1.807, 2.05) is 0 Å². The predicted octanol–water partition coefficient (Wildman–Crippen LogP) is 4.74. The maximum Gasteiger partial charge on any atom is 0.327 e. The highest BCUT2D eigenvalue weighted by molar-refractivity contribution is 14.1. The van der Waals surface area contributed by atoms with Crippen LogP contribution >= 0.6 is 45.8 Å². The molecule has 0 fully saturated rings. The second kappa shape index (κ2) is 8.77. The van der Waals surface area contributed by atoms with E-state index in [9.17, 15) is 13.2 Å². The first-order valence-electron chi connectivity index (χ1n) is 7.54. The van der Waals surface area contributed by atoms with E-state index in [-0.39, 0.29) is 21.0 Å². The molecular weight excluding hydrogens is 512 g/mol. The summed E-state index contributed by atoms with van der Waals surface area (Å²) in [7, 11) is -4.14. The number of benzene rings is 2. The van der Waals surface area contributed by atoms with Crippen LogP contribution in [0.4, 0.5) is 5.69 Å². The van der Waals surface area contributed by atoms with Crippen LogP contribution in [0, 0.1) is 3.57 Å². The van der Waals surface area contributed by atoms with Gasteiger partial charge in [-0.1, -0.05) is 23.2 Å². The standard InChI is InChI=1S/C17H16Cl2INO4S/c1-11(2)25-17(22)10-21(14-6-4-13(20)5-7-14)26(23,24)16-9-12(18)3-8-15(16)19/h3-9,11H,10H2,1-2H3. The third-order valence-corrected chi connectivity index (χ3v) is 6.43. The lowest BCUT2D eigenvalue weighted by molar-refractivity contribution is -0.145. The summed E-state index contributed by atoms with van der Waals surface area (Å²) in [6.45, 7) is 2.90. The van der Waals surface area contributed by atoms with Gasteiger partial charge in [0.15, 0.2) is 0 Å². The Hall–Kier alpha value is -1.03. The number of carbonyl (C=O) groups excluding carboxylic acids is 1. The minimum absolute atomic E-state index is 0.0159.